The molecule has 2 heterocycles. The Labute approximate surface area is 211 Å². The van der Waals surface area contributed by atoms with E-state index in [4.69, 9.17) is 0 Å². The zero-order valence-electron chi connectivity index (χ0n) is 20.7. The number of hydrogen-bond donors (Lipinski definition) is 1. The van der Waals surface area contributed by atoms with Gasteiger partial charge in [0.1, 0.15) is 6.07 Å². The second kappa shape index (κ2) is 11.3. The summed E-state index contributed by atoms with van der Waals surface area (Å²) < 4.78 is 0.610. The number of anilines is 1. The largest absolute Gasteiger partial charge is 0.304 e. The number of hydrazine groups is 1. The van der Waals surface area contributed by atoms with Crippen LogP contribution in [0.15, 0.2) is 34.9 Å². The Kier molecular flexibility index (Phi) is 8.63. The smallest absolute Gasteiger partial charge is 0.248 e. The maximum atomic E-state index is 13.4. The van der Waals surface area contributed by atoms with E-state index in [1.165, 1.54) is 11.8 Å². The van der Waals surface area contributed by atoms with Crippen LogP contribution in [0.4, 0.5) is 5.82 Å². The highest BCUT2D eigenvalue weighted by Crippen LogP contribution is 2.27. The van der Waals surface area contributed by atoms with Crippen LogP contribution in [0.1, 0.15) is 44.6 Å². The lowest BCUT2D eigenvalue weighted by molar-refractivity contribution is -0.125. The molecule has 1 aliphatic heterocycles. The fourth-order valence-electron chi connectivity index (χ4n) is 3.84. The number of halogens is 1. The minimum absolute atomic E-state index is 0.0522. The molecular formula is C25H34BrN7O. The number of hydrogen-bond acceptors (Lipinski definition) is 7. The number of amides is 1. The minimum Gasteiger partial charge on any atom is -0.304 e. The van der Waals surface area contributed by atoms with Crippen molar-refractivity contribution >= 4 is 27.7 Å². The summed E-state index contributed by atoms with van der Waals surface area (Å²) in [5, 5.41) is 10.9. The number of aromatic nitrogens is 2. The van der Waals surface area contributed by atoms with Gasteiger partial charge in [-0.3, -0.25) is 20.1 Å². The lowest BCUT2D eigenvalue weighted by Gasteiger charge is -2.33. The maximum absolute atomic E-state index is 13.4. The third-order valence-electron chi connectivity index (χ3n) is 6.11. The van der Waals surface area contributed by atoms with E-state index in [1.54, 1.807) is 5.01 Å². The van der Waals surface area contributed by atoms with Gasteiger partial charge in [0.15, 0.2) is 5.82 Å². The molecule has 34 heavy (non-hydrogen) atoms. The molecule has 0 bridgehead atoms. The van der Waals surface area contributed by atoms with E-state index in [9.17, 15) is 10.1 Å². The Morgan fingerprint density at radius 3 is 2.47 bits per heavy atom. The van der Waals surface area contributed by atoms with E-state index in [0.29, 0.717) is 16.8 Å². The van der Waals surface area contributed by atoms with E-state index in [1.807, 2.05) is 32.0 Å². The van der Waals surface area contributed by atoms with Gasteiger partial charge < -0.3 is 4.90 Å². The SMILES string of the molecule is CC(C)CN(NC(=O)C(C)(C)c1ccc(CN2CCN(C)CC2)cc1)c1nc(C#N)ncc1Br. The molecule has 0 aliphatic carbocycles. The summed E-state index contributed by atoms with van der Waals surface area (Å²) >= 11 is 3.45. The lowest BCUT2D eigenvalue weighted by atomic mass is 9.83. The van der Waals surface area contributed by atoms with Crippen LogP contribution in [0, 0.1) is 17.2 Å². The molecule has 1 aliphatic rings. The molecule has 3 rings (SSSR count). The predicted molar refractivity (Wildman–Crippen MR) is 137 cm³/mol. The Morgan fingerprint density at radius 1 is 1.24 bits per heavy atom. The van der Waals surface area contributed by atoms with Gasteiger partial charge in [-0.25, -0.2) is 4.98 Å². The Hall–Kier alpha value is -2.54. The van der Waals surface area contributed by atoms with Crippen LogP contribution >= 0.6 is 15.9 Å². The van der Waals surface area contributed by atoms with E-state index in [-0.39, 0.29) is 17.6 Å². The van der Waals surface area contributed by atoms with Crippen LogP contribution in [0.3, 0.4) is 0 Å². The number of nitriles is 1. The van der Waals surface area contributed by atoms with Crippen LogP contribution in [-0.4, -0.2) is 65.4 Å². The zero-order chi connectivity index (χ0) is 24.9. The van der Waals surface area contributed by atoms with Crippen LogP contribution in [0.25, 0.3) is 0 Å². The molecule has 0 unspecified atom stereocenters. The van der Waals surface area contributed by atoms with Gasteiger partial charge in [0.05, 0.1) is 9.89 Å². The average Bonchev–Trinajstić information content (AvgIpc) is 2.80. The summed E-state index contributed by atoms with van der Waals surface area (Å²) in [7, 11) is 2.16. The number of carbonyl (C=O) groups excluding carboxylic acids is 1. The molecule has 1 N–H and O–H groups in total. The van der Waals surface area contributed by atoms with Gasteiger partial charge in [0.2, 0.25) is 11.7 Å². The molecule has 0 spiro atoms. The monoisotopic (exact) mass is 527 g/mol. The Balaban J connectivity index is 1.74. The van der Waals surface area contributed by atoms with Gasteiger partial charge in [-0.15, -0.1) is 0 Å². The van der Waals surface area contributed by atoms with Gasteiger partial charge in [-0.05, 0) is 53.9 Å². The number of carbonyl (C=O) groups is 1. The van der Waals surface area contributed by atoms with Gasteiger partial charge in [-0.1, -0.05) is 38.1 Å². The second-order valence-corrected chi connectivity index (χ2v) is 10.7. The summed E-state index contributed by atoms with van der Waals surface area (Å²) in [6.45, 7) is 13.7. The quantitative estimate of drug-likeness (QED) is 0.526. The normalized spacial score (nSPS) is 15.2. The molecule has 0 atom stereocenters. The van der Waals surface area contributed by atoms with Crippen molar-refractivity contribution in [2.24, 2.45) is 5.92 Å². The average molecular weight is 528 g/mol. The van der Waals surface area contributed by atoms with Crippen LogP contribution in [-0.2, 0) is 16.8 Å². The fourth-order valence-corrected chi connectivity index (χ4v) is 4.24. The predicted octanol–water partition coefficient (Wildman–Crippen LogP) is 3.33. The molecule has 1 aromatic heterocycles. The summed E-state index contributed by atoms with van der Waals surface area (Å²) in [6, 6.07) is 10.3. The highest BCUT2D eigenvalue weighted by Gasteiger charge is 2.32. The van der Waals surface area contributed by atoms with Gasteiger partial charge in [0.25, 0.3) is 0 Å². The van der Waals surface area contributed by atoms with Crippen molar-refractivity contribution in [3.63, 3.8) is 0 Å². The topological polar surface area (TPSA) is 88.4 Å². The van der Waals surface area contributed by atoms with Crippen LogP contribution in [0.5, 0.6) is 0 Å². The molecule has 8 nitrogen and oxygen atoms in total. The number of rotatable bonds is 8. The standard InChI is InChI=1S/C25H34BrN7O/c1-18(2)16-33(23-21(26)15-28-22(14-27)29-23)30-24(34)25(3,4)20-8-6-19(7-9-20)17-32-12-10-31(5)11-13-32/h6-9,15,18H,10-13,16-17H2,1-5H3,(H,30,34). The van der Waals surface area contributed by atoms with E-state index in [2.05, 4.69) is 74.2 Å². The van der Waals surface area contributed by atoms with E-state index < -0.39 is 5.41 Å². The highest BCUT2D eigenvalue weighted by molar-refractivity contribution is 9.10. The van der Waals surface area contributed by atoms with Crippen molar-refractivity contribution in [1.82, 2.24) is 25.2 Å². The molecular weight excluding hydrogens is 494 g/mol. The molecule has 1 amide bonds. The van der Waals surface area contributed by atoms with E-state index in [0.717, 1.165) is 38.3 Å². The molecule has 182 valence electrons. The molecule has 9 heteroatoms. The molecule has 1 fully saturated rings. The Morgan fingerprint density at radius 2 is 1.88 bits per heavy atom. The van der Waals surface area contributed by atoms with Gasteiger partial charge in [0, 0.05) is 45.5 Å². The second-order valence-electron chi connectivity index (χ2n) is 9.82. The molecule has 1 aromatic carbocycles. The lowest BCUT2D eigenvalue weighted by Crippen LogP contribution is -2.51. The fraction of sp³-hybridized carbons (Fsp3) is 0.520. The van der Waals surface area contributed by atoms with Crippen LogP contribution in [0.2, 0.25) is 0 Å². The zero-order valence-corrected chi connectivity index (χ0v) is 22.3. The highest BCUT2D eigenvalue weighted by atomic mass is 79.9. The van der Waals surface area contributed by atoms with Crippen molar-refractivity contribution in [2.75, 3.05) is 44.8 Å². The first kappa shape index (κ1) is 26.1. The summed E-state index contributed by atoms with van der Waals surface area (Å²) in [4.78, 5) is 26.5. The number of likely N-dealkylation sites (N-methyl/N-ethyl adjacent to an activating group) is 1. The maximum Gasteiger partial charge on any atom is 0.248 e. The molecule has 2 aromatic rings. The van der Waals surface area contributed by atoms with Crippen molar-refractivity contribution in [3.05, 3.63) is 51.9 Å². The van der Waals surface area contributed by atoms with Gasteiger partial charge in [-0.2, -0.15) is 10.2 Å². The third kappa shape index (κ3) is 6.53. The first-order chi connectivity index (χ1) is 16.1. The number of piperazine rings is 1. The number of nitrogens with one attached hydrogen (secondary N) is 1. The molecule has 0 radical (unpaired) electrons. The number of benzene rings is 1. The third-order valence-corrected chi connectivity index (χ3v) is 6.67. The first-order valence-electron chi connectivity index (χ1n) is 11.6. The summed E-state index contributed by atoms with van der Waals surface area (Å²) in [6.07, 6.45) is 1.53. The van der Waals surface area contributed by atoms with Crippen molar-refractivity contribution < 1.29 is 4.79 Å². The number of nitrogens with zero attached hydrogens (tertiary/aromatic N) is 6. The van der Waals surface area contributed by atoms with E-state index >= 15 is 0 Å². The summed E-state index contributed by atoms with van der Waals surface area (Å²) in [5.41, 5.74) is 4.46. The van der Waals surface area contributed by atoms with Crippen molar-refractivity contribution in [2.45, 2.75) is 39.7 Å². The first-order valence-corrected chi connectivity index (χ1v) is 12.4. The minimum atomic E-state index is -0.765. The van der Waals surface area contributed by atoms with Gasteiger partial charge >= 0.3 is 0 Å². The van der Waals surface area contributed by atoms with Crippen molar-refractivity contribution in [3.8, 4) is 6.07 Å². The van der Waals surface area contributed by atoms with Crippen LogP contribution < -0.4 is 10.4 Å². The molecule has 1 saturated heterocycles. The van der Waals surface area contributed by atoms with Crippen molar-refractivity contribution in [1.29, 1.82) is 5.26 Å². The summed E-state index contributed by atoms with van der Waals surface area (Å²) in [5.74, 6) is 0.622. The molecule has 0 saturated carbocycles. The Bertz CT molecular complexity index is 1020.